The molecule has 8 heteroatoms. The zero-order valence-corrected chi connectivity index (χ0v) is 17.7. The van der Waals surface area contributed by atoms with Gasteiger partial charge in [0.2, 0.25) is 5.91 Å². The smallest absolute Gasteiger partial charge is 0.225 e. The maximum Gasteiger partial charge on any atom is 0.225 e. The minimum Gasteiger partial charge on any atom is -0.395 e. The zero-order chi connectivity index (χ0) is 24.0. The van der Waals surface area contributed by atoms with E-state index in [1.165, 1.54) is 42.5 Å². The van der Waals surface area contributed by atoms with E-state index >= 15 is 0 Å². The normalized spacial score (nSPS) is 12.9. The Morgan fingerprint density at radius 1 is 0.909 bits per heavy atom. The van der Waals surface area contributed by atoms with Crippen LogP contribution in [-0.4, -0.2) is 23.7 Å². The maximum atomic E-state index is 14.4. The maximum absolute atomic E-state index is 14.4. The highest BCUT2D eigenvalue weighted by Crippen LogP contribution is 2.30. The van der Waals surface area contributed by atoms with Crippen LogP contribution < -0.4 is 11.1 Å². The first-order valence-corrected chi connectivity index (χ1v) is 10.4. The number of carbonyl (C=O) groups is 1. The van der Waals surface area contributed by atoms with Crippen molar-refractivity contribution in [2.75, 3.05) is 11.9 Å². The van der Waals surface area contributed by atoms with E-state index in [1.807, 2.05) is 0 Å². The molecule has 0 bridgehead atoms. The van der Waals surface area contributed by atoms with Crippen LogP contribution in [0.2, 0.25) is 0 Å². The lowest BCUT2D eigenvalue weighted by molar-refractivity contribution is -0.116. The molecule has 0 aliphatic carbocycles. The SMILES string of the molecule is N[C@H](CO)CCc1c(F)cccc1NC(=O)CC(c1ccc(F)cc1)c1cc(F)cc(F)c1. The molecule has 0 saturated heterocycles. The van der Waals surface area contributed by atoms with E-state index < -0.39 is 41.1 Å². The van der Waals surface area contributed by atoms with Crippen LogP contribution in [0.15, 0.2) is 60.7 Å². The molecule has 3 rings (SSSR count). The summed E-state index contributed by atoms with van der Waals surface area (Å²) in [7, 11) is 0. The number of anilines is 1. The van der Waals surface area contributed by atoms with Crippen LogP contribution >= 0.6 is 0 Å². The second-order valence-electron chi connectivity index (χ2n) is 7.81. The van der Waals surface area contributed by atoms with Crippen molar-refractivity contribution in [2.24, 2.45) is 5.73 Å². The van der Waals surface area contributed by atoms with Crippen LogP contribution in [0.1, 0.15) is 35.4 Å². The van der Waals surface area contributed by atoms with Gasteiger partial charge in [-0.2, -0.15) is 0 Å². The van der Waals surface area contributed by atoms with Gasteiger partial charge >= 0.3 is 0 Å². The summed E-state index contributed by atoms with van der Waals surface area (Å²) >= 11 is 0. The minimum atomic E-state index is -0.801. The Labute approximate surface area is 189 Å². The first-order chi connectivity index (χ1) is 15.8. The van der Waals surface area contributed by atoms with Crippen LogP contribution in [0.5, 0.6) is 0 Å². The molecule has 0 radical (unpaired) electrons. The monoisotopic (exact) mass is 460 g/mol. The highest BCUT2D eigenvalue weighted by atomic mass is 19.1. The number of rotatable bonds is 9. The van der Waals surface area contributed by atoms with Crippen molar-refractivity contribution in [1.29, 1.82) is 0 Å². The number of nitrogens with two attached hydrogens (primary N) is 1. The van der Waals surface area contributed by atoms with Crippen LogP contribution in [0, 0.1) is 23.3 Å². The van der Waals surface area contributed by atoms with Crippen molar-refractivity contribution in [3.8, 4) is 0 Å². The van der Waals surface area contributed by atoms with Gasteiger partial charge < -0.3 is 16.2 Å². The van der Waals surface area contributed by atoms with Gasteiger partial charge in [0.25, 0.3) is 0 Å². The standard InChI is InChI=1S/C25H24F4N2O2/c26-17-6-4-15(5-7-17)22(16-10-18(27)12-19(28)11-16)13-25(33)31-24-3-1-2-23(29)21(24)9-8-20(30)14-32/h1-7,10-12,20,22,32H,8-9,13-14,30H2,(H,31,33)/t20-,22?/m0/s1. The highest BCUT2D eigenvalue weighted by molar-refractivity contribution is 5.92. The zero-order valence-electron chi connectivity index (χ0n) is 17.7. The lowest BCUT2D eigenvalue weighted by atomic mass is 9.88. The van der Waals surface area contributed by atoms with Crippen molar-refractivity contribution < 1.29 is 27.5 Å². The van der Waals surface area contributed by atoms with Gasteiger partial charge in [-0.15, -0.1) is 0 Å². The fourth-order valence-corrected chi connectivity index (χ4v) is 3.64. The first-order valence-electron chi connectivity index (χ1n) is 10.4. The number of aliphatic hydroxyl groups excluding tert-OH is 1. The predicted octanol–water partition coefficient (Wildman–Crippen LogP) is 4.66. The average molecular weight is 460 g/mol. The number of hydrogen-bond acceptors (Lipinski definition) is 3. The van der Waals surface area contributed by atoms with Crippen molar-refractivity contribution in [3.63, 3.8) is 0 Å². The number of amides is 1. The van der Waals surface area contributed by atoms with E-state index in [-0.39, 0.29) is 36.3 Å². The molecule has 3 aromatic rings. The lowest BCUT2D eigenvalue weighted by Gasteiger charge is -2.19. The topological polar surface area (TPSA) is 75.3 Å². The van der Waals surface area contributed by atoms with Crippen molar-refractivity contribution >= 4 is 11.6 Å². The van der Waals surface area contributed by atoms with Gasteiger partial charge in [0.05, 0.1) is 6.61 Å². The van der Waals surface area contributed by atoms with Gasteiger partial charge in [-0.3, -0.25) is 4.79 Å². The molecule has 0 spiro atoms. The van der Waals surface area contributed by atoms with E-state index in [9.17, 15) is 22.4 Å². The summed E-state index contributed by atoms with van der Waals surface area (Å²) in [6.07, 6.45) is 0.280. The number of halogens is 4. The molecule has 4 N–H and O–H groups in total. The van der Waals surface area contributed by atoms with Crippen molar-refractivity contribution in [3.05, 3.63) is 101 Å². The van der Waals surface area contributed by atoms with Crippen LogP contribution in [0.3, 0.4) is 0 Å². The van der Waals surface area contributed by atoms with Gasteiger partial charge in [0.1, 0.15) is 23.3 Å². The molecule has 0 aliphatic heterocycles. The van der Waals surface area contributed by atoms with E-state index in [4.69, 9.17) is 10.8 Å². The molecule has 174 valence electrons. The molecule has 1 amide bonds. The Morgan fingerprint density at radius 2 is 1.58 bits per heavy atom. The molecule has 0 aliphatic rings. The molecule has 0 saturated carbocycles. The Morgan fingerprint density at radius 3 is 2.21 bits per heavy atom. The molecule has 2 atom stereocenters. The number of nitrogens with one attached hydrogen (secondary N) is 1. The average Bonchev–Trinajstić information content (AvgIpc) is 2.77. The first kappa shape index (κ1) is 24.4. The fourth-order valence-electron chi connectivity index (χ4n) is 3.64. The highest BCUT2D eigenvalue weighted by Gasteiger charge is 2.21. The van der Waals surface area contributed by atoms with Gasteiger partial charge in [-0.1, -0.05) is 18.2 Å². The molecule has 0 aromatic heterocycles. The third kappa shape index (κ3) is 6.63. The van der Waals surface area contributed by atoms with Crippen LogP contribution in [-0.2, 0) is 11.2 Å². The number of benzene rings is 3. The molecule has 1 unspecified atom stereocenters. The minimum absolute atomic E-state index is 0.195. The third-order valence-electron chi connectivity index (χ3n) is 5.34. The second-order valence-corrected chi connectivity index (χ2v) is 7.81. The predicted molar refractivity (Wildman–Crippen MR) is 118 cm³/mol. The quantitative estimate of drug-likeness (QED) is 0.407. The molecule has 4 nitrogen and oxygen atoms in total. The molecular weight excluding hydrogens is 436 g/mol. The molecule has 33 heavy (non-hydrogen) atoms. The Bertz CT molecular complexity index is 1090. The molecule has 0 heterocycles. The Balaban J connectivity index is 1.86. The lowest BCUT2D eigenvalue weighted by Crippen LogP contribution is -2.25. The van der Waals surface area contributed by atoms with E-state index in [2.05, 4.69) is 5.32 Å². The van der Waals surface area contributed by atoms with Crippen molar-refractivity contribution in [1.82, 2.24) is 0 Å². The summed E-state index contributed by atoms with van der Waals surface area (Å²) in [5.41, 5.74) is 6.89. The van der Waals surface area contributed by atoms with Crippen LogP contribution in [0.25, 0.3) is 0 Å². The Kier molecular flexibility index (Phi) is 8.19. The summed E-state index contributed by atoms with van der Waals surface area (Å²) in [5.74, 6) is -3.91. The van der Waals surface area contributed by atoms with E-state index in [1.54, 1.807) is 0 Å². The molecule has 0 fully saturated rings. The molecule has 3 aromatic carbocycles. The van der Waals surface area contributed by atoms with E-state index in [0.29, 0.717) is 12.0 Å². The summed E-state index contributed by atoms with van der Waals surface area (Å²) in [4.78, 5) is 12.9. The summed E-state index contributed by atoms with van der Waals surface area (Å²) in [6.45, 7) is -0.250. The van der Waals surface area contributed by atoms with Gasteiger partial charge in [-0.05, 0) is 60.4 Å². The fraction of sp³-hybridized carbons (Fsp3) is 0.240. The van der Waals surface area contributed by atoms with Gasteiger partial charge in [0.15, 0.2) is 0 Å². The Hall–Kier alpha value is -3.23. The summed E-state index contributed by atoms with van der Waals surface area (Å²) < 4.78 is 55.5. The van der Waals surface area contributed by atoms with Gasteiger partial charge in [-0.25, -0.2) is 17.6 Å². The second kappa shape index (κ2) is 11.1. The number of carbonyl (C=O) groups excluding carboxylic acids is 1. The summed E-state index contributed by atoms with van der Waals surface area (Å²) in [6, 6.07) is 12.0. The largest absolute Gasteiger partial charge is 0.395 e. The third-order valence-corrected chi connectivity index (χ3v) is 5.34. The summed E-state index contributed by atoms with van der Waals surface area (Å²) in [5, 5.41) is 11.8. The molecular formula is C25H24F4N2O2. The van der Waals surface area contributed by atoms with Crippen molar-refractivity contribution in [2.45, 2.75) is 31.2 Å². The number of hydrogen-bond donors (Lipinski definition) is 3. The van der Waals surface area contributed by atoms with E-state index in [0.717, 1.165) is 18.2 Å². The van der Waals surface area contributed by atoms with Gasteiger partial charge in [0, 0.05) is 35.7 Å². The van der Waals surface area contributed by atoms with Crippen LogP contribution in [0.4, 0.5) is 23.2 Å². The number of aliphatic hydroxyl groups is 1.